The molecule has 1 aliphatic heterocycles. The van der Waals surface area contributed by atoms with Gasteiger partial charge in [-0.05, 0) is 42.2 Å². The molecule has 114 valence electrons. The Kier molecular flexibility index (Phi) is 3.62. The first kappa shape index (κ1) is 12.2. The van der Waals surface area contributed by atoms with Crippen molar-refractivity contribution in [1.82, 2.24) is 0 Å². The molecule has 0 radical (unpaired) electrons. The summed E-state index contributed by atoms with van der Waals surface area (Å²) in [4.78, 5) is 0. The molecular formula is C21H24S. The first-order valence-corrected chi connectivity index (χ1v) is 9.32. The van der Waals surface area contributed by atoms with Crippen LogP contribution in [0.2, 0.25) is 0 Å². The number of thioether (sulfide) groups is 1. The van der Waals surface area contributed by atoms with Crippen LogP contribution in [0.25, 0.3) is 0 Å². The van der Waals surface area contributed by atoms with Gasteiger partial charge in [0.1, 0.15) is 0 Å². The summed E-state index contributed by atoms with van der Waals surface area (Å²) in [7, 11) is 0. The molecule has 0 amide bonds. The van der Waals surface area contributed by atoms with Crippen LogP contribution in [0.15, 0.2) is 60.7 Å². The summed E-state index contributed by atoms with van der Waals surface area (Å²) in [5, 5.41) is 0.501. The largest absolute Gasteiger partial charge is 0.150 e. The lowest BCUT2D eigenvalue weighted by atomic mass is 9.73. The molecule has 1 aliphatic carbocycles. The van der Waals surface area contributed by atoms with Gasteiger partial charge in [0.2, 0.25) is 0 Å². The Morgan fingerprint density at radius 1 is 0.864 bits per heavy atom. The van der Waals surface area contributed by atoms with Gasteiger partial charge in [0.25, 0.3) is 0 Å². The monoisotopic (exact) mass is 310 g/mol. The molecular weight excluding hydrogens is 284 g/mol. The van der Waals surface area contributed by atoms with Crippen LogP contribution < -0.4 is 0 Å². The highest BCUT2D eigenvalue weighted by Crippen LogP contribution is 2.55. The maximum atomic E-state index is 9.31. The lowest BCUT2D eigenvalue weighted by molar-refractivity contribution is 0.290. The SMILES string of the molecule is [2H]C1C(c2ccccc2)SC2CCCCC2([2H])C1c1ccccc1. The van der Waals surface area contributed by atoms with Crippen LogP contribution >= 0.6 is 11.8 Å². The van der Waals surface area contributed by atoms with Crippen molar-refractivity contribution in [3.63, 3.8) is 0 Å². The highest BCUT2D eigenvalue weighted by Gasteiger charge is 2.40. The van der Waals surface area contributed by atoms with Gasteiger partial charge in [-0.1, -0.05) is 73.5 Å². The summed E-state index contributed by atoms with van der Waals surface area (Å²) in [5.74, 6) is -0.502. The quantitative estimate of drug-likeness (QED) is 0.635. The first-order valence-electron chi connectivity index (χ1n) is 9.45. The molecule has 1 heteroatoms. The predicted molar refractivity (Wildman–Crippen MR) is 96.3 cm³/mol. The van der Waals surface area contributed by atoms with E-state index in [1.54, 1.807) is 0 Å². The van der Waals surface area contributed by atoms with Crippen LogP contribution in [0.4, 0.5) is 0 Å². The Morgan fingerprint density at radius 2 is 1.50 bits per heavy atom. The van der Waals surface area contributed by atoms with Crippen LogP contribution in [-0.4, -0.2) is 5.25 Å². The fraction of sp³-hybridized carbons (Fsp3) is 0.429. The van der Waals surface area contributed by atoms with Crippen molar-refractivity contribution in [2.24, 2.45) is 5.89 Å². The number of fused-ring (bicyclic) bond motifs is 1. The summed E-state index contributed by atoms with van der Waals surface area (Å²) in [6.07, 6.45) is 4.14. The smallest absolute Gasteiger partial charge is 0.0320 e. The molecule has 2 aromatic rings. The molecule has 22 heavy (non-hydrogen) atoms. The van der Waals surface area contributed by atoms with E-state index >= 15 is 0 Å². The molecule has 1 saturated carbocycles. The molecule has 0 spiro atoms. The number of rotatable bonds is 2. The summed E-state index contributed by atoms with van der Waals surface area (Å²) in [6, 6.07) is 20.9. The molecule has 2 fully saturated rings. The normalized spacial score (nSPS) is 39.5. The Bertz CT molecular complexity index is 675. The molecule has 1 heterocycles. The van der Waals surface area contributed by atoms with Crippen molar-refractivity contribution in [2.75, 3.05) is 0 Å². The fourth-order valence-corrected chi connectivity index (χ4v) is 5.51. The van der Waals surface area contributed by atoms with Crippen LogP contribution in [-0.2, 0) is 0 Å². The topological polar surface area (TPSA) is 0 Å². The standard InChI is InChI=1S/C21H24S/c1-3-9-16(10-4-1)19-15-21(17-11-5-2-6-12-17)22-20-14-8-7-13-18(19)20/h1-6,9-12,18-21H,7-8,13-15H2/i15D,18D. The van der Waals surface area contributed by atoms with Crippen molar-refractivity contribution in [3.05, 3.63) is 71.8 Å². The molecule has 0 aromatic heterocycles. The van der Waals surface area contributed by atoms with Gasteiger partial charge >= 0.3 is 0 Å². The third-order valence-electron chi connectivity index (χ3n) is 4.96. The average molecular weight is 311 g/mol. The van der Waals surface area contributed by atoms with Crippen molar-refractivity contribution < 1.29 is 2.74 Å². The molecule has 5 unspecified atom stereocenters. The van der Waals surface area contributed by atoms with Crippen LogP contribution in [0, 0.1) is 5.89 Å². The third kappa shape index (κ3) is 2.84. The predicted octanol–water partition coefficient (Wildman–Crippen LogP) is 6.21. The molecule has 2 aliphatic rings. The van der Waals surface area contributed by atoms with Gasteiger partial charge in [0.15, 0.2) is 0 Å². The van der Waals surface area contributed by atoms with Crippen molar-refractivity contribution in [3.8, 4) is 0 Å². The zero-order valence-corrected chi connectivity index (χ0v) is 13.6. The summed E-state index contributed by atoms with van der Waals surface area (Å²) in [5.41, 5.74) is 2.43. The molecule has 1 saturated heterocycles. The van der Waals surface area contributed by atoms with Gasteiger partial charge in [0, 0.05) is 13.2 Å². The Hall–Kier alpha value is -1.21. The lowest BCUT2D eigenvalue weighted by Gasteiger charge is -2.44. The first-order chi connectivity index (χ1) is 11.7. The van der Waals surface area contributed by atoms with Gasteiger partial charge in [-0.3, -0.25) is 0 Å². The second kappa shape index (κ2) is 6.50. The molecule has 4 rings (SSSR count). The van der Waals surface area contributed by atoms with Crippen LogP contribution in [0.3, 0.4) is 0 Å². The van der Waals surface area contributed by atoms with E-state index in [1.807, 2.05) is 23.9 Å². The second-order valence-corrected chi connectivity index (χ2v) is 7.71. The highest BCUT2D eigenvalue weighted by molar-refractivity contribution is 8.00. The zero-order chi connectivity index (χ0) is 16.6. The van der Waals surface area contributed by atoms with Gasteiger partial charge in [-0.15, -0.1) is 0 Å². The third-order valence-corrected chi connectivity index (χ3v) is 6.55. The molecule has 0 bridgehead atoms. The van der Waals surface area contributed by atoms with Crippen LogP contribution in [0.5, 0.6) is 0 Å². The van der Waals surface area contributed by atoms with Gasteiger partial charge in [-0.2, -0.15) is 11.8 Å². The van der Waals surface area contributed by atoms with Crippen molar-refractivity contribution in [2.45, 2.75) is 48.5 Å². The van der Waals surface area contributed by atoms with E-state index in [0.717, 1.165) is 19.3 Å². The van der Waals surface area contributed by atoms with E-state index < -0.39 is 5.89 Å². The molecule has 2 aromatic carbocycles. The van der Waals surface area contributed by atoms with E-state index in [1.165, 1.54) is 17.5 Å². The number of benzene rings is 2. The minimum absolute atomic E-state index is 0.00421. The van der Waals surface area contributed by atoms with Gasteiger partial charge in [0.05, 0.1) is 0 Å². The minimum atomic E-state index is -0.498. The molecule has 5 atom stereocenters. The van der Waals surface area contributed by atoms with E-state index in [-0.39, 0.29) is 17.6 Å². The zero-order valence-electron chi connectivity index (χ0n) is 14.8. The second-order valence-electron chi connectivity index (χ2n) is 6.36. The van der Waals surface area contributed by atoms with E-state index in [4.69, 9.17) is 1.37 Å². The summed E-state index contributed by atoms with van der Waals surface area (Å²) < 4.78 is 18.4. The Labute approximate surface area is 141 Å². The van der Waals surface area contributed by atoms with Gasteiger partial charge < -0.3 is 0 Å². The fourth-order valence-electron chi connectivity index (χ4n) is 3.86. The summed E-state index contributed by atoms with van der Waals surface area (Å²) in [6.45, 7) is 0. The van der Waals surface area contributed by atoms with Crippen molar-refractivity contribution in [1.29, 1.82) is 0 Å². The lowest BCUT2D eigenvalue weighted by Crippen LogP contribution is -2.33. The molecule has 0 N–H and O–H groups in total. The summed E-state index contributed by atoms with van der Waals surface area (Å²) >= 11 is 1.90. The molecule has 0 nitrogen and oxygen atoms in total. The maximum Gasteiger partial charge on any atom is 0.0320 e. The van der Waals surface area contributed by atoms with E-state index in [0.29, 0.717) is 5.25 Å². The van der Waals surface area contributed by atoms with Gasteiger partial charge in [-0.25, -0.2) is 0 Å². The van der Waals surface area contributed by atoms with Crippen LogP contribution in [0.1, 0.15) is 57.1 Å². The number of hydrogen-bond donors (Lipinski definition) is 0. The highest BCUT2D eigenvalue weighted by atomic mass is 32.2. The number of hydrogen-bond acceptors (Lipinski definition) is 1. The van der Waals surface area contributed by atoms with Crippen molar-refractivity contribution >= 4 is 11.8 Å². The van der Waals surface area contributed by atoms with E-state index in [9.17, 15) is 1.37 Å². The Balaban J connectivity index is 1.77. The minimum Gasteiger partial charge on any atom is -0.150 e. The van der Waals surface area contributed by atoms with E-state index in [2.05, 4.69) is 48.5 Å². The average Bonchev–Trinajstić information content (AvgIpc) is 2.62. The maximum absolute atomic E-state index is 9.31. The Morgan fingerprint density at radius 3 is 2.23 bits per heavy atom.